The summed E-state index contributed by atoms with van der Waals surface area (Å²) in [5.41, 5.74) is 7.33. The van der Waals surface area contributed by atoms with Gasteiger partial charge in [0.25, 0.3) is 0 Å². The summed E-state index contributed by atoms with van der Waals surface area (Å²) in [6, 6.07) is 8.81. The normalized spacial score (nSPS) is 16.9. The number of nitrogens with one attached hydrogen (secondary N) is 2. The van der Waals surface area contributed by atoms with Crippen LogP contribution in [0.3, 0.4) is 0 Å². The number of piperazine rings is 1. The topological polar surface area (TPSA) is 52.5 Å². The van der Waals surface area contributed by atoms with Crippen molar-refractivity contribution < 1.29 is 4.79 Å². The van der Waals surface area contributed by atoms with Crippen molar-refractivity contribution >= 4 is 23.0 Å². The molecule has 0 bridgehead atoms. The molecule has 2 N–H and O–H groups in total. The molecular weight excluding hydrogens is 446 g/mol. The molecule has 1 fully saturated rings. The summed E-state index contributed by atoms with van der Waals surface area (Å²) < 4.78 is 2.26. The Balaban J connectivity index is 1.85. The third kappa shape index (κ3) is 6.77. The Bertz CT molecular complexity index is 1180. The smallest absolute Gasteiger partial charge is 0.211 e. The second-order valence-corrected chi connectivity index (χ2v) is 10.8. The zero-order valence-electron chi connectivity index (χ0n) is 23.1. The minimum Gasteiger partial charge on any atom is -0.358 e. The molecule has 0 unspecified atom stereocenters. The summed E-state index contributed by atoms with van der Waals surface area (Å²) in [5, 5.41) is 7.50. The number of para-hydroxylation sites is 1. The summed E-state index contributed by atoms with van der Waals surface area (Å²) in [6.07, 6.45) is 6.75. The molecule has 1 aliphatic rings. The van der Waals surface area contributed by atoms with E-state index in [0.717, 1.165) is 61.1 Å². The summed E-state index contributed by atoms with van der Waals surface area (Å²) in [6.45, 7) is 20.2. The molecule has 0 atom stereocenters. The van der Waals surface area contributed by atoms with Crippen molar-refractivity contribution in [3.8, 4) is 0 Å². The minimum atomic E-state index is -0.0963. The van der Waals surface area contributed by atoms with Gasteiger partial charge in [-0.25, -0.2) is 0 Å². The van der Waals surface area contributed by atoms with Crippen molar-refractivity contribution in [2.24, 2.45) is 12.5 Å². The Morgan fingerprint density at radius 1 is 1.11 bits per heavy atom. The van der Waals surface area contributed by atoms with Gasteiger partial charge in [0.1, 0.15) is 0 Å². The van der Waals surface area contributed by atoms with Crippen molar-refractivity contribution in [3.63, 3.8) is 0 Å². The molecule has 6 nitrogen and oxygen atoms in total. The van der Waals surface area contributed by atoms with E-state index in [-0.39, 0.29) is 5.41 Å². The summed E-state index contributed by atoms with van der Waals surface area (Å²) in [4.78, 5) is 15.9. The fraction of sp³-hybridized carbons (Fsp3) is 0.433. The van der Waals surface area contributed by atoms with Gasteiger partial charge in [-0.2, -0.15) is 0 Å². The van der Waals surface area contributed by atoms with Gasteiger partial charge in [0, 0.05) is 56.6 Å². The Hall–Kier alpha value is -3.09. The number of nitrogens with zero attached hydrogens (tertiary/aromatic N) is 3. The first-order valence-electron chi connectivity index (χ1n) is 12.7. The lowest BCUT2D eigenvalue weighted by Gasteiger charge is -2.32. The van der Waals surface area contributed by atoms with E-state index in [1.165, 1.54) is 16.5 Å². The molecule has 36 heavy (non-hydrogen) atoms. The highest BCUT2D eigenvalue weighted by molar-refractivity contribution is 5.88. The SMILES string of the molecule is C=C(N/C(C)=C/C(=C\C(=C\C)NC=O)C(C)(C)C)c1cc2cccc(CN3CCN(C)CC3)c2n1C. The fourth-order valence-corrected chi connectivity index (χ4v) is 4.66. The van der Waals surface area contributed by atoms with Crippen LogP contribution in [0.15, 0.2) is 66.0 Å². The highest BCUT2D eigenvalue weighted by atomic mass is 16.1. The molecule has 1 amide bonds. The van der Waals surface area contributed by atoms with Crippen LogP contribution >= 0.6 is 0 Å². The molecule has 1 aliphatic heterocycles. The molecule has 1 aromatic heterocycles. The van der Waals surface area contributed by atoms with Gasteiger partial charge in [0.05, 0.1) is 16.9 Å². The predicted octanol–water partition coefficient (Wildman–Crippen LogP) is 5.01. The van der Waals surface area contributed by atoms with Crippen molar-refractivity contribution in [3.05, 3.63) is 77.3 Å². The largest absolute Gasteiger partial charge is 0.358 e. The molecule has 0 spiro atoms. The molecule has 194 valence electrons. The van der Waals surface area contributed by atoms with Gasteiger partial charge in [-0.1, -0.05) is 51.6 Å². The number of fused-ring (bicyclic) bond motifs is 1. The van der Waals surface area contributed by atoms with Gasteiger partial charge in [-0.15, -0.1) is 0 Å². The molecule has 6 heteroatoms. The van der Waals surface area contributed by atoms with Gasteiger partial charge >= 0.3 is 0 Å². The number of allylic oxidation sites excluding steroid dienone is 5. The Labute approximate surface area is 217 Å². The van der Waals surface area contributed by atoms with Crippen LogP contribution in [0.2, 0.25) is 0 Å². The zero-order valence-corrected chi connectivity index (χ0v) is 23.1. The first kappa shape index (κ1) is 27.5. The lowest BCUT2D eigenvalue weighted by atomic mass is 9.85. The van der Waals surface area contributed by atoms with Crippen LogP contribution in [-0.2, 0) is 18.4 Å². The Kier molecular flexibility index (Phi) is 8.98. The minimum absolute atomic E-state index is 0.0963. The van der Waals surface area contributed by atoms with E-state index in [1.54, 1.807) is 0 Å². The molecule has 1 aromatic carbocycles. The van der Waals surface area contributed by atoms with E-state index in [1.807, 2.05) is 19.1 Å². The molecule has 1 saturated heterocycles. The molecule has 0 saturated carbocycles. The van der Waals surface area contributed by atoms with Crippen LogP contribution < -0.4 is 10.6 Å². The van der Waals surface area contributed by atoms with E-state index in [9.17, 15) is 4.79 Å². The molecule has 0 aliphatic carbocycles. The summed E-state index contributed by atoms with van der Waals surface area (Å²) >= 11 is 0. The van der Waals surface area contributed by atoms with Crippen molar-refractivity contribution in [2.75, 3.05) is 33.2 Å². The number of aromatic nitrogens is 1. The van der Waals surface area contributed by atoms with Gasteiger partial charge in [-0.05, 0) is 55.7 Å². The number of benzene rings is 1. The number of carbonyl (C=O) groups is 1. The first-order valence-corrected chi connectivity index (χ1v) is 12.7. The van der Waals surface area contributed by atoms with Gasteiger partial charge in [0.15, 0.2) is 0 Å². The van der Waals surface area contributed by atoms with E-state index in [0.29, 0.717) is 6.41 Å². The number of amides is 1. The average Bonchev–Trinajstić information content (AvgIpc) is 3.16. The predicted molar refractivity (Wildman–Crippen MR) is 152 cm³/mol. The lowest BCUT2D eigenvalue weighted by molar-refractivity contribution is -0.108. The second-order valence-electron chi connectivity index (χ2n) is 10.8. The van der Waals surface area contributed by atoms with Crippen molar-refractivity contribution in [1.82, 2.24) is 25.0 Å². The van der Waals surface area contributed by atoms with Crippen LogP contribution in [0.1, 0.15) is 45.9 Å². The maximum absolute atomic E-state index is 11.0. The van der Waals surface area contributed by atoms with E-state index < -0.39 is 0 Å². The van der Waals surface area contributed by atoms with Gasteiger partial charge < -0.3 is 20.1 Å². The van der Waals surface area contributed by atoms with Crippen LogP contribution in [0.5, 0.6) is 0 Å². The zero-order chi connectivity index (χ0) is 26.5. The number of rotatable bonds is 9. The van der Waals surface area contributed by atoms with Crippen molar-refractivity contribution in [1.29, 1.82) is 0 Å². The number of aryl methyl sites for hydroxylation is 1. The molecule has 3 rings (SSSR count). The third-order valence-electron chi connectivity index (χ3n) is 6.87. The molecule has 2 aromatic rings. The number of hydrogen-bond donors (Lipinski definition) is 2. The molecule has 2 heterocycles. The number of hydrogen-bond acceptors (Lipinski definition) is 4. The van der Waals surface area contributed by atoms with Crippen LogP contribution in [0.4, 0.5) is 0 Å². The number of likely N-dealkylation sites (N-methyl/N-ethyl adjacent to an activating group) is 1. The third-order valence-corrected chi connectivity index (χ3v) is 6.87. The second kappa shape index (κ2) is 11.8. The quantitative estimate of drug-likeness (QED) is 0.384. The van der Waals surface area contributed by atoms with Crippen molar-refractivity contribution in [2.45, 2.75) is 41.2 Å². The highest BCUT2D eigenvalue weighted by Gasteiger charge is 2.19. The number of carbonyl (C=O) groups excluding carboxylic acids is 1. The van der Waals surface area contributed by atoms with Crippen LogP contribution in [0, 0.1) is 5.41 Å². The average molecular weight is 490 g/mol. The van der Waals surface area contributed by atoms with E-state index in [4.69, 9.17) is 0 Å². The summed E-state index contributed by atoms with van der Waals surface area (Å²) in [5.74, 6) is 0. The highest BCUT2D eigenvalue weighted by Crippen LogP contribution is 2.29. The monoisotopic (exact) mass is 489 g/mol. The van der Waals surface area contributed by atoms with Gasteiger partial charge in [0.2, 0.25) is 6.41 Å². The molecular formula is C30H43N5O. The summed E-state index contributed by atoms with van der Waals surface area (Å²) in [7, 11) is 4.32. The van der Waals surface area contributed by atoms with Crippen LogP contribution in [-0.4, -0.2) is 54.0 Å². The maximum atomic E-state index is 11.0. The Morgan fingerprint density at radius 2 is 1.81 bits per heavy atom. The fourth-order valence-electron chi connectivity index (χ4n) is 4.66. The van der Waals surface area contributed by atoms with E-state index >= 15 is 0 Å². The first-order chi connectivity index (χ1) is 17.0. The standard InChI is InChI=1S/C30H43N5O/c1-9-27(31-21-36)19-26(30(4,5)6)17-22(2)32-23(3)28-18-24-11-10-12-25(29(24)34(28)8)20-35-15-13-33(7)14-16-35/h9-12,17-19,21,32H,3,13-16,20H2,1-2,4-8H3,(H,31,36)/b22-17+,26-19+,27-9-. The lowest BCUT2D eigenvalue weighted by Crippen LogP contribution is -2.43. The van der Waals surface area contributed by atoms with Gasteiger partial charge in [-0.3, -0.25) is 9.69 Å². The molecule has 0 radical (unpaired) electrons. The van der Waals surface area contributed by atoms with E-state index in [2.05, 4.69) is 104 Å². The van der Waals surface area contributed by atoms with Crippen LogP contribution in [0.25, 0.3) is 16.6 Å². The Morgan fingerprint density at radius 3 is 2.42 bits per heavy atom. The maximum Gasteiger partial charge on any atom is 0.211 e.